The van der Waals surface area contributed by atoms with Gasteiger partial charge < -0.3 is 14.8 Å². The van der Waals surface area contributed by atoms with Gasteiger partial charge in [0.1, 0.15) is 11.5 Å². The number of ether oxygens (including phenoxy) is 2. The number of benzene rings is 1. The van der Waals surface area contributed by atoms with Crippen LogP contribution in [0.5, 0.6) is 11.5 Å². The fourth-order valence-electron chi connectivity index (χ4n) is 1.85. The summed E-state index contributed by atoms with van der Waals surface area (Å²) in [6.45, 7) is 3.13. The number of hydrogen-bond donors (Lipinski definition) is 1. The summed E-state index contributed by atoms with van der Waals surface area (Å²) in [4.78, 5) is 0. The van der Waals surface area contributed by atoms with E-state index in [1.807, 2.05) is 12.1 Å². The van der Waals surface area contributed by atoms with Crippen LogP contribution in [0.15, 0.2) is 18.2 Å². The number of hydrogen-bond acceptors (Lipinski definition) is 3. The van der Waals surface area contributed by atoms with Gasteiger partial charge in [-0.1, -0.05) is 13.0 Å². The summed E-state index contributed by atoms with van der Waals surface area (Å²) in [5.74, 6) is 2.55. The molecule has 0 radical (unpaired) electrons. The molecule has 2 unspecified atom stereocenters. The van der Waals surface area contributed by atoms with E-state index in [1.54, 1.807) is 14.2 Å². The van der Waals surface area contributed by atoms with Crippen LogP contribution < -0.4 is 14.8 Å². The maximum Gasteiger partial charge on any atom is 0.127 e. The first-order valence-corrected chi connectivity index (χ1v) is 5.69. The first kappa shape index (κ1) is 11.3. The molecule has 2 atom stereocenters. The van der Waals surface area contributed by atoms with E-state index < -0.39 is 0 Å². The summed E-state index contributed by atoms with van der Waals surface area (Å²) in [5, 5.41) is 3.51. The lowest BCUT2D eigenvalue weighted by Crippen LogP contribution is -2.17. The molecule has 0 amide bonds. The van der Waals surface area contributed by atoms with Crippen LogP contribution >= 0.6 is 0 Å². The lowest BCUT2D eigenvalue weighted by Gasteiger charge is -2.11. The Morgan fingerprint density at radius 2 is 2.06 bits per heavy atom. The van der Waals surface area contributed by atoms with Gasteiger partial charge in [0.2, 0.25) is 0 Å². The van der Waals surface area contributed by atoms with Crippen molar-refractivity contribution in [2.24, 2.45) is 5.92 Å². The molecule has 16 heavy (non-hydrogen) atoms. The maximum absolute atomic E-state index is 5.35. The molecule has 0 aliphatic heterocycles. The summed E-state index contributed by atoms with van der Waals surface area (Å²) in [6, 6.07) is 6.63. The first-order chi connectivity index (χ1) is 7.74. The fourth-order valence-corrected chi connectivity index (χ4v) is 1.85. The van der Waals surface area contributed by atoms with Crippen molar-refractivity contribution in [1.29, 1.82) is 0 Å². The van der Waals surface area contributed by atoms with Gasteiger partial charge in [-0.05, 0) is 18.4 Å². The average Bonchev–Trinajstić information content (AvgIpc) is 3.02. The van der Waals surface area contributed by atoms with Crippen molar-refractivity contribution in [2.75, 3.05) is 14.2 Å². The van der Waals surface area contributed by atoms with E-state index in [4.69, 9.17) is 9.47 Å². The zero-order valence-electron chi connectivity index (χ0n) is 10.1. The molecular weight excluding hydrogens is 202 g/mol. The molecule has 1 fully saturated rings. The van der Waals surface area contributed by atoms with Gasteiger partial charge in [-0.15, -0.1) is 0 Å². The molecule has 2 rings (SSSR count). The van der Waals surface area contributed by atoms with Gasteiger partial charge in [0.15, 0.2) is 0 Å². The maximum atomic E-state index is 5.35. The van der Waals surface area contributed by atoms with Crippen molar-refractivity contribution < 1.29 is 9.47 Å². The monoisotopic (exact) mass is 221 g/mol. The second kappa shape index (κ2) is 4.74. The van der Waals surface area contributed by atoms with Crippen LogP contribution in [0, 0.1) is 5.92 Å². The van der Waals surface area contributed by atoms with E-state index in [1.165, 1.54) is 12.0 Å². The molecule has 0 aromatic heterocycles. The second-order valence-electron chi connectivity index (χ2n) is 4.38. The Labute approximate surface area is 96.8 Å². The largest absolute Gasteiger partial charge is 0.497 e. The summed E-state index contributed by atoms with van der Waals surface area (Å²) < 4.78 is 10.5. The lowest BCUT2D eigenvalue weighted by atomic mass is 10.2. The highest BCUT2D eigenvalue weighted by molar-refractivity contribution is 5.40. The topological polar surface area (TPSA) is 30.5 Å². The lowest BCUT2D eigenvalue weighted by molar-refractivity contribution is 0.389. The van der Waals surface area contributed by atoms with Crippen molar-refractivity contribution >= 4 is 0 Å². The highest BCUT2D eigenvalue weighted by Crippen LogP contribution is 2.30. The molecule has 0 bridgehead atoms. The summed E-state index contributed by atoms with van der Waals surface area (Å²) in [5.41, 5.74) is 1.18. The van der Waals surface area contributed by atoms with Crippen molar-refractivity contribution in [2.45, 2.75) is 25.9 Å². The van der Waals surface area contributed by atoms with Crippen LogP contribution in [0.3, 0.4) is 0 Å². The molecule has 88 valence electrons. The van der Waals surface area contributed by atoms with Gasteiger partial charge in [0, 0.05) is 24.2 Å². The first-order valence-electron chi connectivity index (χ1n) is 5.69. The molecule has 1 aliphatic rings. The smallest absolute Gasteiger partial charge is 0.127 e. The SMILES string of the molecule is COc1ccc(CNC2CC2C)c(OC)c1. The zero-order valence-corrected chi connectivity index (χ0v) is 10.1. The van der Waals surface area contributed by atoms with Crippen LogP contribution in [0.4, 0.5) is 0 Å². The molecule has 0 spiro atoms. The third-order valence-corrected chi connectivity index (χ3v) is 3.16. The summed E-state index contributed by atoms with van der Waals surface area (Å²) in [7, 11) is 3.36. The molecule has 1 aromatic carbocycles. The minimum absolute atomic E-state index is 0.687. The molecule has 1 N–H and O–H groups in total. The van der Waals surface area contributed by atoms with Gasteiger partial charge in [-0.2, -0.15) is 0 Å². The molecule has 3 nitrogen and oxygen atoms in total. The number of nitrogens with one attached hydrogen (secondary N) is 1. The van der Waals surface area contributed by atoms with Crippen LogP contribution in [-0.4, -0.2) is 20.3 Å². The quantitative estimate of drug-likeness (QED) is 0.827. The normalized spacial score (nSPS) is 22.9. The standard InChI is InChI=1S/C13H19NO2/c1-9-6-12(9)14-8-10-4-5-11(15-2)7-13(10)16-3/h4-5,7,9,12,14H,6,8H2,1-3H3. The molecule has 0 saturated heterocycles. The third kappa shape index (κ3) is 2.47. The molecule has 0 heterocycles. The minimum Gasteiger partial charge on any atom is -0.497 e. The van der Waals surface area contributed by atoms with Crippen molar-refractivity contribution in [3.8, 4) is 11.5 Å². The van der Waals surface area contributed by atoms with Crippen LogP contribution in [0.25, 0.3) is 0 Å². The van der Waals surface area contributed by atoms with E-state index in [2.05, 4.69) is 18.3 Å². The Morgan fingerprint density at radius 3 is 2.62 bits per heavy atom. The van der Waals surface area contributed by atoms with Crippen molar-refractivity contribution in [3.05, 3.63) is 23.8 Å². The third-order valence-electron chi connectivity index (χ3n) is 3.16. The molecule has 1 aromatic rings. The fraction of sp³-hybridized carbons (Fsp3) is 0.538. The van der Waals surface area contributed by atoms with Gasteiger partial charge in [-0.25, -0.2) is 0 Å². The minimum atomic E-state index is 0.687. The van der Waals surface area contributed by atoms with E-state index in [-0.39, 0.29) is 0 Å². The van der Waals surface area contributed by atoms with E-state index in [0.29, 0.717) is 6.04 Å². The predicted octanol–water partition coefficient (Wildman–Crippen LogP) is 2.20. The van der Waals surface area contributed by atoms with Gasteiger partial charge in [0.05, 0.1) is 14.2 Å². The predicted molar refractivity (Wildman–Crippen MR) is 64.0 cm³/mol. The molecule has 1 aliphatic carbocycles. The molecule has 1 saturated carbocycles. The van der Waals surface area contributed by atoms with Gasteiger partial charge >= 0.3 is 0 Å². The highest BCUT2D eigenvalue weighted by atomic mass is 16.5. The Morgan fingerprint density at radius 1 is 1.31 bits per heavy atom. The molecule has 3 heteroatoms. The van der Waals surface area contributed by atoms with Crippen molar-refractivity contribution in [3.63, 3.8) is 0 Å². The highest BCUT2D eigenvalue weighted by Gasteiger charge is 2.31. The Balaban J connectivity index is 2.01. The zero-order chi connectivity index (χ0) is 11.5. The number of rotatable bonds is 5. The van der Waals surface area contributed by atoms with E-state index >= 15 is 0 Å². The van der Waals surface area contributed by atoms with Crippen molar-refractivity contribution in [1.82, 2.24) is 5.32 Å². The Kier molecular flexibility index (Phi) is 3.34. The summed E-state index contributed by atoms with van der Waals surface area (Å²) >= 11 is 0. The summed E-state index contributed by atoms with van der Waals surface area (Å²) in [6.07, 6.45) is 1.29. The Hall–Kier alpha value is -1.22. The average molecular weight is 221 g/mol. The van der Waals surface area contributed by atoms with Gasteiger partial charge in [-0.3, -0.25) is 0 Å². The van der Waals surface area contributed by atoms with Crippen LogP contribution in [-0.2, 0) is 6.54 Å². The van der Waals surface area contributed by atoms with Crippen LogP contribution in [0.2, 0.25) is 0 Å². The van der Waals surface area contributed by atoms with E-state index in [9.17, 15) is 0 Å². The number of methoxy groups -OCH3 is 2. The molecular formula is C13H19NO2. The second-order valence-corrected chi connectivity index (χ2v) is 4.38. The Bertz CT molecular complexity index is 365. The van der Waals surface area contributed by atoms with Crippen LogP contribution in [0.1, 0.15) is 18.9 Å². The van der Waals surface area contributed by atoms with Gasteiger partial charge in [0.25, 0.3) is 0 Å². The van der Waals surface area contributed by atoms with E-state index in [0.717, 1.165) is 24.0 Å².